The van der Waals surface area contributed by atoms with Crippen molar-refractivity contribution < 1.29 is 13.2 Å². The second-order valence-corrected chi connectivity index (χ2v) is 9.01. The predicted octanol–water partition coefficient (Wildman–Crippen LogP) is 2.59. The van der Waals surface area contributed by atoms with Crippen molar-refractivity contribution in [2.24, 2.45) is 0 Å². The highest BCUT2D eigenvalue weighted by atomic mass is 32.2. The molecule has 2 aromatic heterocycles. The van der Waals surface area contributed by atoms with Gasteiger partial charge in [-0.25, -0.2) is 17.9 Å². The lowest BCUT2D eigenvalue weighted by Crippen LogP contribution is -2.23. The average molecular weight is 400 g/mol. The molecule has 9 nitrogen and oxygen atoms in total. The van der Waals surface area contributed by atoms with Crippen LogP contribution in [0.2, 0.25) is 0 Å². The van der Waals surface area contributed by atoms with Gasteiger partial charge < -0.3 is 0 Å². The van der Waals surface area contributed by atoms with E-state index in [1.807, 2.05) is 31.2 Å². The molecule has 1 unspecified atom stereocenters. The zero-order chi connectivity index (χ0) is 19.7. The SMILES string of the molecule is Cc1ccccc1-c1cc(NC(=O)Nc2ccnn2C2CCS(=O)(=O)C2)n[nH]1. The third-order valence-electron chi connectivity index (χ3n) is 4.72. The number of hydrogen-bond acceptors (Lipinski definition) is 5. The van der Waals surface area contributed by atoms with E-state index in [0.29, 0.717) is 18.1 Å². The number of nitrogens with zero attached hydrogens (tertiary/aromatic N) is 3. The number of rotatable bonds is 4. The van der Waals surface area contributed by atoms with Gasteiger partial charge in [0.15, 0.2) is 15.7 Å². The van der Waals surface area contributed by atoms with Crippen molar-refractivity contribution in [2.75, 3.05) is 22.1 Å². The number of carbonyl (C=O) groups excluding carboxylic acids is 1. The number of urea groups is 1. The van der Waals surface area contributed by atoms with Crippen LogP contribution in [0.5, 0.6) is 0 Å². The van der Waals surface area contributed by atoms with Gasteiger partial charge in [-0.05, 0) is 18.9 Å². The molecule has 3 heterocycles. The van der Waals surface area contributed by atoms with E-state index in [0.717, 1.165) is 16.8 Å². The van der Waals surface area contributed by atoms with Crippen LogP contribution >= 0.6 is 0 Å². The number of aryl methyl sites for hydroxylation is 1. The van der Waals surface area contributed by atoms with Crippen molar-refractivity contribution in [3.8, 4) is 11.3 Å². The number of carbonyl (C=O) groups is 1. The number of benzene rings is 1. The number of nitrogens with one attached hydrogen (secondary N) is 3. The fourth-order valence-electron chi connectivity index (χ4n) is 3.34. The summed E-state index contributed by atoms with van der Waals surface area (Å²) in [5, 5.41) is 16.6. The number of hydrogen-bond donors (Lipinski definition) is 3. The van der Waals surface area contributed by atoms with Crippen LogP contribution in [0.1, 0.15) is 18.0 Å². The zero-order valence-electron chi connectivity index (χ0n) is 15.2. The van der Waals surface area contributed by atoms with Gasteiger partial charge in [0, 0.05) is 17.7 Å². The van der Waals surface area contributed by atoms with Gasteiger partial charge in [-0.2, -0.15) is 10.2 Å². The summed E-state index contributed by atoms with van der Waals surface area (Å²) >= 11 is 0. The molecule has 1 atom stereocenters. The normalized spacial score (nSPS) is 18.1. The molecule has 0 aliphatic carbocycles. The Bertz CT molecular complexity index is 1120. The molecule has 0 spiro atoms. The molecular formula is C18H20N6O3S. The van der Waals surface area contributed by atoms with Crippen LogP contribution in [0, 0.1) is 6.92 Å². The molecule has 10 heteroatoms. The molecule has 28 heavy (non-hydrogen) atoms. The number of aromatic nitrogens is 4. The van der Waals surface area contributed by atoms with Crippen molar-refractivity contribution in [1.29, 1.82) is 0 Å². The lowest BCUT2D eigenvalue weighted by Gasteiger charge is -2.13. The van der Waals surface area contributed by atoms with Crippen molar-refractivity contribution in [2.45, 2.75) is 19.4 Å². The lowest BCUT2D eigenvalue weighted by atomic mass is 10.1. The van der Waals surface area contributed by atoms with E-state index in [4.69, 9.17) is 0 Å². The molecule has 146 valence electrons. The van der Waals surface area contributed by atoms with Crippen molar-refractivity contribution in [3.05, 3.63) is 48.2 Å². The molecule has 0 bridgehead atoms. The van der Waals surface area contributed by atoms with Crippen LogP contribution < -0.4 is 10.6 Å². The van der Waals surface area contributed by atoms with E-state index in [-0.39, 0.29) is 17.5 Å². The minimum Gasteiger partial charge on any atom is -0.292 e. The number of H-pyrrole nitrogens is 1. The Labute approximate surface area is 162 Å². The number of anilines is 2. The van der Waals surface area contributed by atoms with Crippen LogP contribution in [0.4, 0.5) is 16.4 Å². The van der Waals surface area contributed by atoms with Gasteiger partial charge in [0.1, 0.15) is 5.82 Å². The maximum Gasteiger partial charge on any atom is 0.326 e. The Morgan fingerprint density at radius 1 is 1.25 bits per heavy atom. The summed E-state index contributed by atoms with van der Waals surface area (Å²) in [6.07, 6.45) is 2.02. The molecule has 1 aromatic carbocycles. The minimum absolute atomic E-state index is 0.0319. The van der Waals surface area contributed by atoms with Gasteiger partial charge in [-0.15, -0.1) is 0 Å². The summed E-state index contributed by atoms with van der Waals surface area (Å²) in [6, 6.07) is 10.5. The summed E-state index contributed by atoms with van der Waals surface area (Å²) in [7, 11) is -3.05. The van der Waals surface area contributed by atoms with E-state index in [1.54, 1.807) is 16.8 Å². The summed E-state index contributed by atoms with van der Waals surface area (Å²) in [5.74, 6) is 0.988. The van der Waals surface area contributed by atoms with E-state index in [9.17, 15) is 13.2 Å². The van der Waals surface area contributed by atoms with Crippen LogP contribution in [0.25, 0.3) is 11.3 Å². The molecule has 2 amide bonds. The Morgan fingerprint density at radius 3 is 2.82 bits per heavy atom. The first-order valence-corrected chi connectivity index (χ1v) is 10.7. The number of amides is 2. The minimum atomic E-state index is -3.05. The van der Waals surface area contributed by atoms with E-state index in [2.05, 4.69) is 25.9 Å². The smallest absolute Gasteiger partial charge is 0.292 e. The highest BCUT2D eigenvalue weighted by Crippen LogP contribution is 2.26. The maximum absolute atomic E-state index is 12.4. The zero-order valence-corrected chi connectivity index (χ0v) is 16.0. The summed E-state index contributed by atoms with van der Waals surface area (Å²) in [5.41, 5.74) is 2.90. The highest BCUT2D eigenvalue weighted by molar-refractivity contribution is 7.91. The van der Waals surface area contributed by atoms with Gasteiger partial charge >= 0.3 is 6.03 Å². The van der Waals surface area contributed by atoms with Crippen molar-refractivity contribution >= 4 is 27.5 Å². The first kappa shape index (κ1) is 18.2. The number of aromatic amines is 1. The standard InChI is InChI=1S/C18H20N6O3S/c1-12-4-2-3-5-14(12)15-10-16(23-22-15)20-18(25)21-17-6-8-19-24(17)13-7-9-28(26,27)11-13/h2-6,8,10,13H,7,9,11H2,1H3,(H3,20,21,22,23,25). The average Bonchev–Trinajstić information content (AvgIpc) is 3.35. The predicted molar refractivity (Wildman–Crippen MR) is 106 cm³/mol. The van der Waals surface area contributed by atoms with Gasteiger partial charge in [0.05, 0.1) is 29.4 Å². The van der Waals surface area contributed by atoms with Crippen molar-refractivity contribution in [1.82, 2.24) is 20.0 Å². The Balaban J connectivity index is 1.44. The van der Waals surface area contributed by atoms with Gasteiger partial charge in [-0.3, -0.25) is 15.7 Å². The molecule has 3 N–H and O–H groups in total. The first-order valence-electron chi connectivity index (χ1n) is 8.85. The highest BCUT2D eigenvalue weighted by Gasteiger charge is 2.31. The van der Waals surface area contributed by atoms with Crippen LogP contribution in [-0.4, -0.2) is 45.9 Å². The fraction of sp³-hybridized carbons (Fsp3) is 0.278. The fourth-order valence-corrected chi connectivity index (χ4v) is 5.03. The molecule has 3 aromatic rings. The molecule has 0 saturated carbocycles. The third-order valence-corrected chi connectivity index (χ3v) is 6.47. The van der Waals surface area contributed by atoms with Gasteiger partial charge in [-0.1, -0.05) is 24.3 Å². The van der Waals surface area contributed by atoms with Crippen LogP contribution in [0.3, 0.4) is 0 Å². The summed E-state index contributed by atoms with van der Waals surface area (Å²) in [6.45, 7) is 2.00. The Morgan fingerprint density at radius 2 is 2.07 bits per heavy atom. The third kappa shape index (κ3) is 3.77. The Hall–Kier alpha value is -3.14. The second kappa shape index (κ2) is 7.12. The molecule has 0 radical (unpaired) electrons. The lowest BCUT2D eigenvalue weighted by molar-refractivity contribution is 0.262. The first-order chi connectivity index (χ1) is 13.4. The summed E-state index contributed by atoms with van der Waals surface area (Å²) < 4.78 is 25.0. The molecule has 1 aliphatic rings. The van der Waals surface area contributed by atoms with E-state index < -0.39 is 15.9 Å². The van der Waals surface area contributed by atoms with Gasteiger partial charge in [0.25, 0.3) is 0 Å². The second-order valence-electron chi connectivity index (χ2n) is 6.78. The summed E-state index contributed by atoms with van der Waals surface area (Å²) in [4.78, 5) is 12.4. The van der Waals surface area contributed by atoms with Crippen LogP contribution in [0.15, 0.2) is 42.6 Å². The monoisotopic (exact) mass is 400 g/mol. The van der Waals surface area contributed by atoms with Crippen molar-refractivity contribution in [3.63, 3.8) is 0 Å². The molecule has 4 rings (SSSR count). The number of sulfone groups is 1. The maximum atomic E-state index is 12.4. The quantitative estimate of drug-likeness (QED) is 0.621. The molecule has 1 fully saturated rings. The van der Waals surface area contributed by atoms with Gasteiger partial charge in [0.2, 0.25) is 0 Å². The van der Waals surface area contributed by atoms with E-state index in [1.165, 1.54) is 6.20 Å². The van der Waals surface area contributed by atoms with E-state index >= 15 is 0 Å². The molecular weight excluding hydrogens is 380 g/mol. The largest absolute Gasteiger partial charge is 0.326 e. The topological polar surface area (TPSA) is 122 Å². The van der Waals surface area contributed by atoms with Crippen LogP contribution in [-0.2, 0) is 9.84 Å². The molecule has 1 aliphatic heterocycles. The molecule has 1 saturated heterocycles. The Kier molecular flexibility index (Phi) is 4.63.